The van der Waals surface area contributed by atoms with Crippen molar-refractivity contribution in [3.63, 3.8) is 0 Å². The normalized spacial score (nSPS) is 22.8. The van der Waals surface area contributed by atoms with E-state index in [1.165, 1.54) is 11.8 Å². The second-order valence-corrected chi connectivity index (χ2v) is 7.66. The number of nitrogens with one attached hydrogen (secondary N) is 1. The standard InChI is InChI=1S/C15H14Cl2N6O2S/c16-9-3-7(1-2-18-9)4-19-12-10-13(22-15(17)21-12)23(6-20-10)14-11(25)8(24)5-26-14/h1-3,6,8,11,14,24-25H,4-5H2,(H,19,21,22)/t8?,11?,14-/m1/s1. The maximum atomic E-state index is 10.2. The van der Waals surface area contributed by atoms with Gasteiger partial charge in [-0.3, -0.25) is 4.57 Å². The third-order valence-corrected chi connectivity index (χ3v) is 5.80. The number of hydrogen-bond acceptors (Lipinski definition) is 8. The number of fused-ring (bicyclic) bond motifs is 1. The van der Waals surface area contributed by atoms with Crippen molar-refractivity contribution in [2.75, 3.05) is 11.1 Å². The number of aliphatic hydroxyl groups excluding tert-OH is 2. The van der Waals surface area contributed by atoms with Gasteiger partial charge in [-0.1, -0.05) is 11.6 Å². The number of rotatable bonds is 4. The third kappa shape index (κ3) is 3.33. The van der Waals surface area contributed by atoms with Crippen molar-refractivity contribution >= 4 is 51.9 Å². The van der Waals surface area contributed by atoms with E-state index in [4.69, 9.17) is 23.2 Å². The van der Waals surface area contributed by atoms with Gasteiger partial charge >= 0.3 is 0 Å². The molecule has 4 heterocycles. The molecule has 1 fully saturated rings. The number of hydrogen-bond donors (Lipinski definition) is 3. The van der Waals surface area contributed by atoms with Crippen LogP contribution in [0.3, 0.4) is 0 Å². The summed E-state index contributed by atoms with van der Waals surface area (Å²) in [5.74, 6) is 0.919. The highest BCUT2D eigenvalue weighted by Gasteiger charge is 2.36. The summed E-state index contributed by atoms with van der Waals surface area (Å²) in [6, 6.07) is 3.59. The van der Waals surface area contributed by atoms with E-state index in [2.05, 4.69) is 25.3 Å². The van der Waals surface area contributed by atoms with Gasteiger partial charge in [0, 0.05) is 18.5 Å². The summed E-state index contributed by atoms with van der Waals surface area (Å²) < 4.78 is 1.71. The van der Waals surface area contributed by atoms with Crippen molar-refractivity contribution in [3.05, 3.63) is 40.7 Å². The Morgan fingerprint density at radius 3 is 2.85 bits per heavy atom. The van der Waals surface area contributed by atoms with E-state index >= 15 is 0 Å². The quantitative estimate of drug-likeness (QED) is 0.441. The van der Waals surface area contributed by atoms with Crippen LogP contribution in [-0.2, 0) is 6.54 Å². The molecule has 0 radical (unpaired) electrons. The van der Waals surface area contributed by atoms with Crippen LogP contribution in [0.2, 0.25) is 10.4 Å². The first-order valence-electron chi connectivity index (χ1n) is 7.75. The molecule has 136 valence electrons. The smallest absolute Gasteiger partial charge is 0.226 e. The van der Waals surface area contributed by atoms with Crippen LogP contribution in [0.4, 0.5) is 5.82 Å². The Balaban J connectivity index is 1.66. The Morgan fingerprint density at radius 2 is 2.12 bits per heavy atom. The van der Waals surface area contributed by atoms with Crippen molar-refractivity contribution in [2.24, 2.45) is 0 Å². The molecule has 1 aliphatic rings. The minimum Gasteiger partial charge on any atom is -0.389 e. The lowest BCUT2D eigenvalue weighted by Crippen LogP contribution is -2.27. The van der Waals surface area contributed by atoms with E-state index in [1.54, 1.807) is 23.2 Å². The predicted octanol–water partition coefficient (Wildman–Crippen LogP) is 2.11. The molecule has 0 amide bonds. The molecule has 0 spiro atoms. The number of thioether (sulfide) groups is 1. The summed E-state index contributed by atoms with van der Waals surface area (Å²) in [6.07, 6.45) is 1.51. The van der Waals surface area contributed by atoms with Gasteiger partial charge in [0.2, 0.25) is 5.28 Å². The van der Waals surface area contributed by atoms with E-state index < -0.39 is 12.2 Å². The van der Waals surface area contributed by atoms with Gasteiger partial charge in [-0.15, -0.1) is 11.8 Å². The van der Waals surface area contributed by atoms with Crippen molar-refractivity contribution in [2.45, 2.75) is 24.1 Å². The second-order valence-electron chi connectivity index (χ2n) is 5.79. The highest BCUT2D eigenvalue weighted by molar-refractivity contribution is 7.99. The number of halogens is 2. The van der Waals surface area contributed by atoms with Crippen molar-refractivity contribution in [1.82, 2.24) is 24.5 Å². The molecule has 1 aliphatic heterocycles. The monoisotopic (exact) mass is 412 g/mol. The molecule has 0 aliphatic carbocycles. The zero-order chi connectivity index (χ0) is 18.3. The molecule has 3 atom stereocenters. The molecule has 3 aromatic heterocycles. The van der Waals surface area contributed by atoms with Crippen LogP contribution in [0, 0.1) is 0 Å². The van der Waals surface area contributed by atoms with Crippen LogP contribution < -0.4 is 5.32 Å². The van der Waals surface area contributed by atoms with Gasteiger partial charge in [0.15, 0.2) is 17.0 Å². The highest BCUT2D eigenvalue weighted by atomic mass is 35.5. The molecule has 2 unspecified atom stereocenters. The highest BCUT2D eigenvalue weighted by Crippen LogP contribution is 2.38. The molecule has 0 aromatic carbocycles. The molecular formula is C15H14Cl2N6O2S. The minimum absolute atomic E-state index is 0.0625. The first-order chi connectivity index (χ1) is 12.5. The molecule has 11 heteroatoms. The van der Waals surface area contributed by atoms with Gasteiger partial charge < -0.3 is 15.5 Å². The summed E-state index contributed by atoms with van der Waals surface area (Å²) >= 11 is 13.4. The lowest BCUT2D eigenvalue weighted by Gasteiger charge is -2.17. The molecule has 0 bridgehead atoms. The maximum Gasteiger partial charge on any atom is 0.226 e. The summed E-state index contributed by atoms with van der Waals surface area (Å²) in [5.41, 5.74) is 1.95. The molecule has 0 saturated carbocycles. The van der Waals surface area contributed by atoms with Crippen molar-refractivity contribution < 1.29 is 10.2 Å². The first-order valence-corrected chi connectivity index (χ1v) is 9.55. The second kappa shape index (κ2) is 7.16. The van der Waals surface area contributed by atoms with Gasteiger partial charge in [0.25, 0.3) is 0 Å². The zero-order valence-electron chi connectivity index (χ0n) is 13.3. The van der Waals surface area contributed by atoms with E-state index in [-0.39, 0.29) is 10.7 Å². The molecule has 8 nitrogen and oxygen atoms in total. The average molecular weight is 413 g/mol. The van der Waals surface area contributed by atoms with Gasteiger partial charge in [-0.05, 0) is 29.3 Å². The number of pyridine rings is 1. The van der Waals surface area contributed by atoms with Crippen LogP contribution in [0.5, 0.6) is 0 Å². The zero-order valence-corrected chi connectivity index (χ0v) is 15.6. The Labute approximate surface area is 162 Å². The van der Waals surface area contributed by atoms with Crippen LogP contribution >= 0.6 is 35.0 Å². The lowest BCUT2D eigenvalue weighted by atomic mass is 10.2. The van der Waals surface area contributed by atoms with Crippen molar-refractivity contribution in [3.8, 4) is 0 Å². The third-order valence-electron chi connectivity index (χ3n) is 4.04. The van der Waals surface area contributed by atoms with E-state index in [9.17, 15) is 10.2 Å². The topological polar surface area (TPSA) is 109 Å². The number of nitrogens with zero attached hydrogens (tertiary/aromatic N) is 5. The van der Waals surface area contributed by atoms with E-state index in [1.807, 2.05) is 6.07 Å². The van der Waals surface area contributed by atoms with Crippen LogP contribution in [0.1, 0.15) is 10.9 Å². The molecule has 26 heavy (non-hydrogen) atoms. The summed E-state index contributed by atoms with van der Waals surface area (Å²) in [6.45, 7) is 0.455. The van der Waals surface area contributed by atoms with Crippen molar-refractivity contribution in [1.29, 1.82) is 0 Å². The predicted molar refractivity (Wildman–Crippen MR) is 100 cm³/mol. The van der Waals surface area contributed by atoms with Crippen LogP contribution in [0.15, 0.2) is 24.7 Å². The summed E-state index contributed by atoms with van der Waals surface area (Å²) in [4.78, 5) is 16.8. The van der Waals surface area contributed by atoms with Gasteiger partial charge in [-0.2, -0.15) is 9.97 Å². The SMILES string of the molecule is OC1CS[C@@H](n2cnc3c(NCc4ccnc(Cl)c4)nc(Cl)nc32)C1O. The number of imidazole rings is 1. The number of anilines is 1. The Hall–Kier alpha value is -1.65. The summed E-state index contributed by atoms with van der Waals surface area (Å²) in [7, 11) is 0. The molecule has 1 saturated heterocycles. The largest absolute Gasteiger partial charge is 0.389 e. The van der Waals surface area contributed by atoms with Gasteiger partial charge in [-0.25, -0.2) is 9.97 Å². The minimum atomic E-state index is -0.901. The fourth-order valence-electron chi connectivity index (χ4n) is 2.77. The first kappa shape index (κ1) is 17.7. The number of aliphatic hydroxyl groups is 2. The fraction of sp³-hybridized carbons (Fsp3) is 0.333. The van der Waals surface area contributed by atoms with Gasteiger partial charge in [0.1, 0.15) is 16.6 Å². The Kier molecular flexibility index (Phi) is 4.89. The average Bonchev–Trinajstić information content (AvgIpc) is 3.17. The molecule has 3 aromatic rings. The molecule has 4 rings (SSSR count). The van der Waals surface area contributed by atoms with Crippen LogP contribution in [-0.4, -0.2) is 52.7 Å². The lowest BCUT2D eigenvalue weighted by molar-refractivity contribution is 0.0313. The number of aromatic nitrogens is 5. The molecular weight excluding hydrogens is 399 g/mol. The van der Waals surface area contributed by atoms with Crippen LogP contribution in [0.25, 0.3) is 11.2 Å². The fourth-order valence-corrected chi connectivity index (χ4v) is 4.41. The van der Waals surface area contributed by atoms with Gasteiger partial charge in [0.05, 0.1) is 12.4 Å². The maximum absolute atomic E-state index is 10.2. The summed E-state index contributed by atoms with van der Waals surface area (Å²) in [5, 5.41) is 23.2. The Morgan fingerprint density at radius 1 is 1.27 bits per heavy atom. The van der Waals surface area contributed by atoms with E-state index in [0.717, 1.165) is 5.56 Å². The van der Waals surface area contributed by atoms with E-state index in [0.29, 0.717) is 34.4 Å². The molecule has 3 N–H and O–H groups in total. The Bertz CT molecular complexity index is 955.